The number of hydrogen-bond acceptors (Lipinski definition) is 4. The van der Waals surface area contributed by atoms with Crippen molar-refractivity contribution < 1.29 is 18.7 Å². The fourth-order valence-electron chi connectivity index (χ4n) is 2.93. The normalized spacial score (nSPS) is 14.4. The number of furan rings is 1. The Morgan fingerprint density at radius 1 is 1.04 bits per heavy atom. The van der Waals surface area contributed by atoms with Crippen molar-refractivity contribution in [3.8, 4) is 5.75 Å². The maximum atomic E-state index is 12.4. The van der Waals surface area contributed by atoms with Gasteiger partial charge in [-0.3, -0.25) is 9.59 Å². The summed E-state index contributed by atoms with van der Waals surface area (Å²) in [5, 5.41) is 0. The first-order chi connectivity index (χ1) is 12.2. The number of piperazine rings is 1. The second-order valence-corrected chi connectivity index (χ2v) is 6.03. The fourth-order valence-corrected chi connectivity index (χ4v) is 2.93. The van der Waals surface area contributed by atoms with Gasteiger partial charge in [0.25, 0.3) is 5.91 Å². The van der Waals surface area contributed by atoms with Crippen molar-refractivity contribution in [3.63, 3.8) is 0 Å². The highest BCUT2D eigenvalue weighted by Gasteiger charge is 2.25. The van der Waals surface area contributed by atoms with E-state index >= 15 is 0 Å². The van der Waals surface area contributed by atoms with Crippen LogP contribution in [0.2, 0.25) is 0 Å². The molecule has 2 heterocycles. The van der Waals surface area contributed by atoms with E-state index in [4.69, 9.17) is 9.15 Å². The van der Waals surface area contributed by atoms with E-state index in [1.807, 2.05) is 29.2 Å². The summed E-state index contributed by atoms with van der Waals surface area (Å²) >= 11 is 0. The van der Waals surface area contributed by atoms with Gasteiger partial charge < -0.3 is 19.0 Å². The summed E-state index contributed by atoms with van der Waals surface area (Å²) < 4.78 is 10.1. The lowest BCUT2D eigenvalue weighted by molar-refractivity contribution is -0.132. The molecule has 0 atom stereocenters. The molecular weight excluding hydrogens is 320 g/mol. The molecule has 1 aliphatic heterocycles. The van der Waals surface area contributed by atoms with E-state index < -0.39 is 0 Å². The Morgan fingerprint density at radius 2 is 1.72 bits per heavy atom. The number of benzene rings is 1. The molecule has 1 saturated heterocycles. The van der Waals surface area contributed by atoms with Crippen molar-refractivity contribution >= 4 is 11.8 Å². The monoisotopic (exact) mass is 342 g/mol. The third-order valence-electron chi connectivity index (χ3n) is 4.47. The number of amides is 2. The van der Waals surface area contributed by atoms with E-state index in [1.54, 1.807) is 18.1 Å². The molecule has 0 unspecified atom stereocenters. The van der Waals surface area contributed by atoms with Crippen LogP contribution in [-0.2, 0) is 11.2 Å². The third kappa shape index (κ3) is 4.21. The summed E-state index contributed by atoms with van der Waals surface area (Å²) in [7, 11) is 1.63. The van der Waals surface area contributed by atoms with Gasteiger partial charge in [-0.25, -0.2) is 0 Å². The van der Waals surface area contributed by atoms with Gasteiger partial charge in [-0.2, -0.15) is 0 Å². The van der Waals surface area contributed by atoms with Crippen LogP contribution in [0.3, 0.4) is 0 Å². The largest absolute Gasteiger partial charge is 0.497 e. The van der Waals surface area contributed by atoms with Gasteiger partial charge in [0, 0.05) is 32.6 Å². The highest BCUT2D eigenvalue weighted by atomic mass is 16.5. The number of hydrogen-bond donors (Lipinski definition) is 0. The van der Waals surface area contributed by atoms with E-state index in [1.165, 1.54) is 12.5 Å². The number of nitrogens with zero attached hydrogens (tertiary/aromatic N) is 2. The molecule has 2 aromatic rings. The van der Waals surface area contributed by atoms with E-state index in [9.17, 15) is 9.59 Å². The van der Waals surface area contributed by atoms with Crippen LogP contribution in [0.5, 0.6) is 5.75 Å². The van der Waals surface area contributed by atoms with Crippen molar-refractivity contribution in [2.45, 2.75) is 12.8 Å². The predicted molar refractivity (Wildman–Crippen MR) is 92.5 cm³/mol. The molecule has 1 aliphatic rings. The quantitative estimate of drug-likeness (QED) is 0.836. The number of aryl methyl sites for hydroxylation is 1. The summed E-state index contributed by atoms with van der Waals surface area (Å²) in [4.78, 5) is 28.2. The van der Waals surface area contributed by atoms with Crippen molar-refractivity contribution in [1.82, 2.24) is 9.80 Å². The highest BCUT2D eigenvalue weighted by Crippen LogP contribution is 2.14. The van der Waals surface area contributed by atoms with Crippen molar-refractivity contribution in [3.05, 3.63) is 54.0 Å². The lowest BCUT2D eigenvalue weighted by atomic mass is 10.1. The number of carbonyl (C=O) groups is 2. The van der Waals surface area contributed by atoms with Gasteiger partial charge in [-0.1, -0.05) is 12.1 Å². The Labute approximate surface area is 147 Å². The van der Waals surface area contributed by atoms with E-state index in [-0.39, 0.29) is 11.8 Å². The lowest BCUT2D eigenvalue weighted by Crippen LogP contribution is -2.50. The van der Waals surface area contributed by atoms with Crippen LogP contribution >= 0.6 is 0 Å². The van der Waals surface area contributed by atoms with Gasteiger partial charge in [-0.05, 0) is 30.2 Å². The summed E-state index contributed by atoms with van der Waals surface area (Å²) in [5.41, 5.74) is 1.67. The molecule has 0 aliphatic carbocycles. The molecule has 6 heteroatoms. The number of methoxy groups -OCH3 is 1. The van der Waals surface area contributed by atoms with Crippen LogP contribution in [0.25, 0.3) is 0 Å². The van der Waals surface area contributed by atoms with Crippen LogP contribution in [-0.4, -0.2) is 54.9 Å². The van der Waals surface area contributed by atoms with Crippen LogP contribution in [0.15, 0.2) is 47.3 Å². The van der Waals surface area contributed by atoms with Crippen LogP contribution < -0.4 is 4.74 Å². The average Bonchev–Trinajstić information content (AvgIpc) is 3.21. The topological polar surface area (TPSA) is 63.0 Å². The molecule has 0 radical (unpaired) electrons. The molecule has 3 rings (SSSR count). The molecule has 1 aromatic heterocycles. The molecule has 2 amide bonds. The molecule has 132 valence electrons. The van der Waals surface area contributed by atoms with Crippen LogP contribution in [0.1, 0.15) is 22.3 Å². The van der Waals surface area contributed by atoms with Crippen LogP contribution in [0.4, 0.5) is 0 Å². The van der Waals surface area contributed by atoms with Gasteiger partial charge in [0.15, 0.2) is 0 Å². The zero-order valence-electron chi connectivity index (χ0n) is 14.3. The minimum atomic E-state index is -0.0425. The van der Waals surface area contributed by atoms with E-state index in [0.29, 0.717) is 44.6 Å². The SMILES string of the molecule is COc1ccc(CCC(=O)N2CCN(C(=O)c3ccoc3)CC2)cc1. The first kappa shape index (κ1) is 17.1. The second-order valence-electron chi connectivity index (χ2n) is 6.03. The fraction of sp³-hybridized carbons (Fsp3) is 0.368. The van der Waals surface area contributed by atoms with Gasteiger partial charge >= 0.3 is 0 Å². The molecule has 0 saturated carbocycles. The lowest BCUT2D eigenvalue weighted by Gasteiger charge is -2.34. The van der Waals surface area contributed by atoms with Gasteiger partial charge in [0.1, 0.15) is 12.0 Å². The summed E-state index contributed by atoms with van der Waals surface area (Å²) in [6.07, 6.45) is 4.12. The highest BCUT2D eigenvalue weighted by molar-refractivity contribution is 5.94. The van der Waals surface area contributed by atoms with Crippen molar-refractivity contribution in [2.24, 2.45) is 0 Å². The first-order valence-corrected chi connectivity index (χ1v) is 8.39. The number of rotatable bonds is 5. The molecule has 25 heavy (non-hydrogen) atoms. The molecule has 1 aromatic carbocycles. The Hall–Kier alpha value is -2.76. The molecule has 0 spiro atoms. The van der Waals surface area contributed by atoms with Gasteiger partial charge in [0.2, 0.25) is 5.91 Å². The van der Waals surface area contributed by atoms with Crippen molar-refractivity contribution in [1.29, 1.82) is 0 Å². The van der Waals surface area contributed by atoms with Gasteiger partial charge in [-0.15, -0.1) is 0 Å². The minimum absolute atomic E-state index is 0.0425. The third-order valence-corrected chi connectivity index (χ3v) is 4.47. The van der Waals surface area contributed by atoms with Crippen molar-refractivity contribution in [2.75, 3.05) is 33.3 Å². The number of carbonyl (C=O) groups excluding carboxylic acids is 2. The smallest absolute Gasteiger partial charge is 0.257 e. The van der Waals surface area contributed by atoms with E-state index in [0.717, 1.165) is 11.3 Å². The zero-order valence-corrected chi connectivity index (χ0v) is 14.3. The predicted octanol–water partition coefficient (Wildman–Crippen LogP) is 2.21. The first-order valence-electron chi connectivity index (χ1n) is 8.39. The Bertz CT molecular complexity index is 702. The second kappa shape index (κ2) is 7.88. The maximum Gasteiger partial charge on any atom is 0.257 e. The number of ether oxygens (including phenoxy) is 1. The Balaban J connectivity index is 1.45. The molecular formula is C19H22N2O4. The summed E-state index contributed by atoms with van der Waals surface area (Å²) in [6, 6.07) is 9.43. The Kier molecular flexibility index (Phi) is 5.38. The van der Waals surface area contributed by atoms with Crippen LogP contribution in [0, 0.1) is 0 Å². The van der Waals surface area contributed by atoms with E-state index in [2.05, 4.69) is 0 Å². The maximum absolute atomic E-state index is 12.4. The molecule has 6 nitrogen and oxygen atoms in total. The van der Waals surface area contributed by atoms with Gasteiger partial charge in [0.05, 0.1) is 18.9 Å². The summed E-state index contributed by atoms with van der Waals surface area (Å²) in [5.74, 6) is 0.902. The Morgan fingerprint density at radius 3 is 2.32 bits per heavy atom. The standard InChI is InChI=1S/C19H22N2O4/c1-24-17-5-2-15(3-6-17)4-7-18(22)20-9-11-21(12-10-20)19(23)16-8-13-25-14-16/h2-3,5-6,8,13-14H,4,7,9-12H2,1H3. The molecule has 0 bridgehead atoms. The summed E-state index contributed by atoms with van der Waals surface area (Å²) in [6.45, 7) is 2.26. The molecule has 0 N–H and O–H groups in total. The molecule has 1 fully saturated rings. The minimum Gasteiger partial charge on any atom is -0.497 e. The average molecular weight is 342 g/mol. The zero-order chi connectivity index (χ0) is 17.6.